The molecule has 1 aliphatic carbocycles. The molecule has 0 saturated heterocycles. The third-order valence-electron chi connectivity index (χ3n) is 2.94. The van der Waals surface area contributed by atoms with Gasteiger partial charge < -0.3 is 5.11 Å². The number of hydrogen-bond donors (Lipinski definition) is 1. The van der Waals surface area contributed by atoms with Gasteiger partial charge in [-0.3, -0.25) is 9.78 Å². The minimum atomic E-state index is -0.125. The Morgan fingerprint density at radius 2 is 2.09 bits per heavy atom. The van der Waals surface area contributed by atoms with Crippen LogP contribution in [0.4, 0.5) is 0 Å². The molecular formula is C18H17IrN2O2-. The van der Waals surface area contributed by atoms with Crippen molar-refractivity contribution in [2.24, 2.45) is 0 Å². The molecule has 1 aromatic carbocycles. The van der Waals surface area contributed by atoms with Gasteiger partial charge in [0, 0.05) is 38.3 Å². The fraction of sp³-hybridized carbons (Fsp3) is 0.167. The van der Waals surface area contributed by atoms with Crippen molar-refractivity contribution in [2.75, 3.05) is 0 Å². The number of benzene rings is 1. The first-order valence-corrected chi connectivity index (χ1v) is 6.93. The number of nitrogens with zero attached hydrogens (tertiary/aromatic N) is 2. The Bertz CT molecular complexity index is 721. The van der Waals surface area contributed by atoms with Crippen LogP contribution < -0.4 is 0 Å². The van der Waals surface area contributed by atoms with E-state index in [0.717, 1.165) is 28.9 Å². The van der Waals surface area contributed by atoms with Crippen LogP contribution in [0.25, 0.3) is 17.3 Å². The maximum atomic E-state index is 10.0. The summed E-state index contributed by atoms with van der Waals surface area (Å²) in [5, 5.41) is 8.36. The summed E-state index contributed by atoms with van der Waals surface area (Å²) in [4.78, 5) is 18.6. The number of aromatic nitrogens is 2. The van der Waals surface area contributed by atoms with Crippen LogP contribution in [0.3, 0.4) is 0 Å². The Hall–Kier alpha value is -2.10. The minimum absolute atomic E-state index is 0. The van der Waals surface area contributed by atoms with Crippen LogP contribution in [-0.2, 0) is 31.3 Å². The zero-order chi connectivity index (χ0) is 15.9. The third kappa shape index (κ3) is 5.55. The second-order valence-corrected chi connectivity index (χ2v) is 4.86. The molecule has 0 atom stereocenters. The van der Waals surface area contributed by atoms with Gasteiger partial charge in [-0.25, -0.2) is 4.98 Å². The number of carbonyl (C=O) groups is 1. The minimum Gasteiger partial charge on any atom is -0.512 e. The van der Waals surface area contributed by atoms with Crippen LogP contribution in [-0.4, -0.2) is 20.9 Å². The average molecular weight is 486 g/mol. The van der Waals surface area contributed by atoms with Gasteiger partial charge in [0.05, 0.1) is 5.76 Å². The smallest absolute Gasteiger partial charge is 0.155 e. The zero-order valence-corrected chi connectivity index (χ0v) is 15.3. The number of aliphatic hydroxyl groups is 1. The van der Waals surface area contributed by atoms with E-state index in [1.807, 2.05) is 24.3 Å². The van der Waals surface area contributed by atoms with Crippen molar-refractivity contribution in [1.29, 1.82) is 0 Å². The van der Waals surface area contributed by atoms with E-state index in [0.29, 0.717) is 0 Å². The van der Waals surface area contributed by atoms with Crippen LogP contribution in [0.1, 0.15) is 25.1 Å². The normalized spacial score (nSPS) is 11.8. The van der Waals surface area contributed by atoms with Crippen LogP contribution in [0.2, 0.25) is 0 Å². The summed E-state index contributed by atoms with van der Waals surface area (Å²) >= 11 is 0. The van der Waals surface area contributed by atoms with Gasteiger partial charge in [-0.2, -0.15) is 0 Å². The molecule has 4 nitrogen and oxygen atoms in total. The molecule has 1 aliphatic rings. The van der Waals surface area contributed by atoms with E-state index in [1.54, 1.807) is 6.33 Å². The molecule has 1 aromatic heterocycles. The molecule has 0 bridgehead atoms. The Morgan fingerprint density at radius 1 is 1.30 bits per heavy atom. The molecule has 0 spiro atoms. The maximum Gasteiger partial charge on any atom is 0.155 e. The van der Waals surface area contributed by atoms with Crippen LogP contribution in [0.15, 0.2) is 48.5 Å². The molecule has 121 valence electrons. The molecule has 0 fully saturated rings. The number of carbonyl (C=O) groups excluding carboxylic acids is 1. The number of fused-ring (bicyclic) bond motifs is 1. The molecule has 0 aliphatic heterocycles. The van der Waals surface area contributed by atoms with Gasteiger partial charge in [0.1, 0.15) is 6.33 Å². The monoisotopic (exact) mass is 486 g/mol. The number of ketones is 1. The number of aliphatic hydroxyl groups excluding tert-OH is 1. The van der Waals surface area contributed by atoms with E-state index in [1.165, 1.54) is 19.9 Å². The molecule has 23 heavy (non-hydrogen) atoms. The first-order chi connectivity index (χ1) is 10.6. The molecule has 0 unspecified atom stereocenters. The molecule has 3 rings (SSSR count). The molecule has 1 radical (unpaired) electrons. The van der Waals surface area contributed by atoms with Crippen molar-refractivity contribution in [2.45, 2.75) is 20.3 Å². The van der Waals surface area contributed by atoms with E-state index >= 15 is 0 Å². The second kappa shape index (κ2) is 9.13. The summed E-state index contributed by atoms with van der Waals surface area (Å²) in [5.41, 5.74) is 4.26. The summed E-state index contributed by atoms with van der Waals surface area (Å²) in [7, 11) is 0. The summed E-state index contributed by atoms with van der Waals surface area (Å²) in [5.74, 6) is -0.0625. The van der Waals surface area contributed by atoms with Gasteiger partial charge in [-0.15, -0.1) is 35.9 Å². The molecule has 2 aromatic rings. The van der Waals surface area contributed by atoms with E-state index in [-0.39, 0.29) is 31.6 Å². The van der Waals surface area contributed by atoms with Crippen molar-refractivity contribution in [3.8, 4) is 11.3 Å². The molecule has 5 heteroatoms. The SMILES string of the molecule is CC(=O)/C=C(/C)O.[Ir].[c-]1ccccc1-c1ncnc2c1C=CC2. The molecular weight excluding hydrogens is 468 g/mol. The first kappa shape index (κ1) is 18.9. The van der Waals surface area contributed by atoms with Crippen molar-refractivity contribution >= 4 is 11.9 Å². The molecule has 1 N–H and O–H groups in total. The van der Waals surface area contributed by atoms with Gasteiger partial charge in [0.25, 0.3) is 0 Å². The van der Waals surface area contributed by atoms with Gasteiger partial charge in [0.2, 0.25) is 0 Å². The van der Waals surface area contributed by atoms with Crippen molar-refractivity contribution in [3.05, 3.63) is 65.8 Å². The zero-order valence-electron chi connectivity index (χ0n) is 12.9. The van der Waals surface area contributed by atoms with E-state index in [9.17, 15) is 4.79 Å². The van der Waals surface area contributed by atoms with Crippen molar-refractivity contribution < 1.29 is 30.0 Å². The third-order valence-corrected chi connectivity index (χ3v) is 2.94. The van der Waals surface area contributed by atoms with E-state index in [2.05, 4.69) is 28.2 Å². The van der Waals surface area contributed by atoms with Crippen molar-refractivity contribution in [1.82, 2.24) is 9.97 Å². The van der Waals surface area contributed by atoms with Crippen LogP contribution in [0, 0.1) is 6.07 Å². The predicted molar refractivity (Wildman–Crippen MR) is 86.1 cm³/mol. The first-order valence-electron chi connectivity index (χ1n) is 6.93. The van der Waals surface area contributed by atoms with E-state index < -0.39 is 0 Å². The summed E-state index contributed by atoms with van der Waals surface area (Å²) in [6.07, 6.45) is 7.91. The Balaban J connectivity index is 0.000000287. The predicted octanol–water partition coefficient (Wildman–Crippen LogP) is 3.55. The standard InChI is InChI=1S/C13H9N2.C5H8O2.Ir/c1-2-5-10(6-3-1)13-11-7-4-8-12(11)14-9-15-13;1-4(6)3-5(2)7;/h1-5,7,9H,8H2;3,6H,1-2H3;/q-1;;/b;4-3-;. The number of rotatable bonds is 2. The van der Waals surface area contributed by atoms with Gasteiger partial charge in [-0.1, -0.05) is 12.2 Å². The second-order valence-electron chi connectivity index (χ2n) is 4.86. The van der Waals surface area contributed by atoms with Gasteiger partial charge >= 0.3 is 0 Å². The number of allylic oxidation sites excluding steroid dienone is 3. The van der Waals surface area contributed by atoms with Gasteiger partial charge in [-0.05, 0) is 25.1 Å². The molecule has 0 saturated carbocycles. The summed E-state index contributed by atoms with van der Waals surface area (Å²) < 4.78 is 0. The average Bonchev–Trinajstić information content (AvgIpc) is 2.95. The summed E-state index contributed by atoms with van der Waals surface area (Å²) in [6.45, 7) is 2.85. The van der Waals surface area contributed by atoms with Crippen LogP contribution >= 0.6 is 0 Å². The molecule has 0 amide bonds. The number of hydrogen-bond acceptors (Lipinski definition) is 4. The topological polar surface area (TPSA) is 63.1 Å². The Morgan fingerprint density at radius 3 is 2.65 bits per heavy atom. The Labute approximate surface area is 149 Å². The quantitative estimate of drug-likeness (QED) is 0.402. The van der Waals surface area contributed by atoms with E-state index in [4.69, 9.17) is 5.11 Å². The Kier molecular flexibility index (Phi) is 7.52. The maximum absolute atomic E-state index is 10.0. The van der Waals surface area contributed by atoms with Crippen molar-refractivity contribution in [3.63, 3.8) is 0 Å². The molecule has 1 heterocycles. The van der Waals surface area contributed by atoms with Gasteiger partial charge in [0.15, 0.2) is 5.78 Å². The largest absolute Gasteiger partial charge is 0.512 e. The fourth-order valence-corrected chi connectivity index (χ4v) is 2.11. The van der Waals surface area contributed by atoms with Crippen LogP contribution in [0.5, 0.6) is 0 Å². The summed E-state index contributed by atoms with van der Waals surface area (Å²) in [6, 6.07) is 11.1. The fourth-order valence-electron chi connectivity index (χ4n) is 2.11.